The number of benzene rings is 1. The Morgan fingerprint density at radius 3 is 2.19 bits per heavy atom. The second kappa shape index (κ2) is 15.1. The first-order chi connectivity index (χ1) is 15.6. The summed E-state index contributed by atoms with van der Waals surface area (Å²) < 4.78 is 5.77. The summed E-state index contributed by atoms with van der Waals surface area (Å²) >= 11 is 0. The van der Waals surface area contributed by atoms with E-state index in [0.717, 1.165) is 6.42 Å². The van der Waals surface area contributed by atoms with E-state index in [1.165, 1.54) is 64.1 Å². The lowest BCUT2D eigenvalue weighted by Crippen LogP contribution is -2.42. The Balaban J connectivity index is 1.62. The molecule has 0 aliphatic carbocycles. The van der Waals surface area contributed by atoms with Crippen molar-refractivity contribution in [1.29, 1.82) is 0 Å². The van der Waals surface area contributed by atoms with Crippen molar-refractivity contribution in [2.24, 2.45) is 0 Å². The molecule has 0 spiro atoms. The minimum Gasteiger partial charge on any atom is -0.494 e. The Kier molecular flexibility index (Phi) is 12.0. The quantitative estimate of drug-likeness (QED) is 0.294. The van der Waals surface area contributed by atoms with Crippen molar-refractivity contribution in [3.05, 3.63) is 48.0 Å². The van der Waals surface area contributed by atoms with Crippen molar-refractivity contribution in [2.45, 2.75) is 83.6 Å². The fourth-order valence-corrected chi connectivity index (χ4v) is 3.54. The standard InChI is InChI=1S/C25H37N3O4/c1-2-3-4-5-6-7-8-9-10-11-16-32-22-14-12-20(13-15-22)24(29)28-23(25(30)31)17-21-18-26-19-27-21/h12-15,18-19,23H,2-11,16-17H2,1H3,(H,26,27)(H,28,29)(H,30,31)/t23-/m0/s1. The molecule has 1 aromatic heterocycles. The summed E-state index contributed by atoms with van der Waals surface area (Å²) in [6.45, 7) is 2.91. The van der Waals surface area contributed by atoms with Crippen molar-refractivity contribution in [2.75, 3.05) is 6.61 Å². The number of imidazole rings is 1. The smallest absolute Gasteiger partial charge is 0.326 e. The highest BCUT2D eigenvalue weighted by Gasteiger charge is 2.21. The Labute approximate surface area is 191 Å². The first kappa shape index (κ1) is 25.4. The lowest BCUT2D eigenvalue weighted by Gasteiger charge is -2.14. The third-order valence-electron chi connectivity index (χ3n) is 5.47. The number of carboxylic acids is 1. The highest BCUT2D eigenvalue weighted by molar-refractivity contribution is 5.96. The molecule has 0 saturated heterocycles. The molecule has 0 radical (unpaired) electrons. The molecule has 0 bridgehead atoms. The molecule has 1 heterocycles. The Morgan fingerprint density at radius 1 is 1.00 bits per heavy atom. The first-order valence-electron chi connectivity index (χ1n) is 11.8. The van der Waals surface area contributed by atoms with E-state index in [1.54, 1.807) is 30.5 Å². The zero-order valence-electron chi connectivity index (χ0n) is 19.1. The van der Waals surface area contributed by atoms with Crippen LogP contribution in [0, 0.1) is 0 Å². The second-order valence-corrected chi connectivity index (χ2v) is 8.20. The maximum Gasteiger partial charge on any atom is 0.326 e. The van der Waals surface area contributed by atoms with Crippen molar-refractivity contribution in [1.82, 2.24) is 15.3 Å². The number of unbranched alkanes of at least 4 members (excludes halogenated alkanes) is 9. The van der Waals surface area contributed by atoms with E-state index < -0.39 is 17.9 Å². The van der Waals surface area contributed by atoms with Crippen LogP contribution in [0.4, 0.5) is 0 Å². The van der Waals surface area contributed by atoms with Gasteiger partial charge in [0.2, 0.25) is 0 Å². The number of hydrogen-bond acceptors (Lipinski definition) is 4. The number of aromatic amines is 1. The van der Waals surface area contributed by atoms with Crippen LogP contribution in [0.15, 0.2) is 36.8 Å². The Morgan fingerprint density at radius 2 is 1.62 bits per heavy atom. The third-order valence-corrected chi connectivity index (χ3v) is 5.47. The average molecular weight is 444 g/mol. The van der Waals surface area contributed by atoms with E-state index in [9.17, 15) is 14.7 Å². The molecule has 2 rings (SSSR count). The van der Waals surface area contributed by atoms with Gasteiger partial charge in [-0.1, -0.05) is 64.7 Å². The second-order valence-electron chi connectivity index (χ2n) is 8.20. The molecule has 0 saturated carbocycles. The zero-order chi connectivity index (χ0) is 23.0. The van der Waals surface area contributed by atoms with Crippen LogP contribution in [0.25, 0.3) is 0 Å². The predicted octanol–water partition coefficient (Wildman–Crippen LogP) is 5.14. The maximum absolute atomic E-state index is 12.4. The van der Waals surface area contributed by atoms with Crippen LogP contribution in [-0.4, -0.2) is 39.6 Å². The van der Waals surface area contributed by atoms with Crippen LogP contribution in [0.2, 0.25) is 0 Å². The molecule has 0 aliphatic rings. The molecular formula is C25H37N3O4. The van der Waals surface area contributed by atoms with Crippen LogP contribution in [0.1, 0.15) is 87.2 Å². The molecule has 2 aromatic rings. The van der Waals surface area contributed by atoms with Gasteiger partial charge in [-0.05, 0) is 30.7 Å². The number of aromatic nitrogens is 2. The highest BCUT2D eigenvalue weighted by atomic mass is 16.5. The number of rotatable bonds is 17. The first-order valence-corrected chi connectivity index (χ1v) is 11.8. The van der Waals surface area contributed by atoms with Gasteiger partial charge in [-0.3, -0.25) is 4.79 Å². The lowest BCUT2D eigenvalue weighted by atomic mass is 10.1. The van der Waals surface area contributed by atoms with Gasteiger partial charge in [0.1, 0.15) is 11.8 Å². The lowest BCUT2D eigenvalue weighted by molar-refractivity contribution is -0.139. The SMILES string of the molecule is CCCCCCCCCCCCOc1ccc(C(=O)N[C@@H](Cc2cnc[nH]2)C(=O)O)cc1. The number of amides is 1. The van der Waals surface area contributed by atoms with Crippen molar-refractivity contribution < 1.29 is 19.4 Å². The van der Waals surface area contributed by atoms with Crippen LogP contribution in [0.3, 0.4) is 0 Å². The number of carbonyl (C=O) groups excluding carboxylic acids is 1. The summed E-state index contributed by atoms with van der Waals surface area (Å²) in [5.41, 5.74) is 1.04. The summed E-state index contributed by atoms with van der Waals surface area (Å²) in [5.74, 6) is -0.813. The number of H-pyrrole nitrogens is 1. The number of hydrogen-bond donors (Lipinski definition) is 3. The fraction of sp³-hybridized carbons (Fsp3) is 0.560. The zero-order valence-corrected chi connectivity index (χ0v) is 19.1. The summed E-state index contributed by atoms with van der Waals surface area (Å²) in [5, 5.41) is 11.9. The van der Waals surface area contributed by atoms with E-state index in [4.69, 9.17) is 4.74 Å². The van der Waals surface area contributed by atoms with E-state index in [2.05, 4.69) is 22.2 Å². The molecule has 32 heavy (non-hydrogen) atoms. The van der Waals surface area contributed by atoms with Gasteiger partial charge < -0.3 is 20.1 Å². The average Bonchev–Trinajstić information content (AvgIpc) is 3.30. The topological polar surface area (TPSA) is 104 Å². The van der Waals surface area contributed by atoms with Gasteiger partial charge in [-0.15, -0.1) is 0 Å². The number of carboxylic acid groups (broad SMARTS) is 1. The van der Waals surface area contributed by atoms with Crippen LogP contribution < -0.4 is 10.1 Å². The minimum absolute atomic E-state index is 0.140. The molecule has 0 fully saturated rings. The van der Waals surface area contributed by atoms with Crippen molar-refractivity contribution in [3.8, 4) is 5.75 Å². The van der Waals surface area contributed by atoms with Gasteiger partial charge in [0.25, 0.3) is 5.91 Å². The van der Waals surface area contributed by atoms with Gasteiger partial charge >= 0.3 is 5.97 Å². The summed E-state index contributed by atoms with van der Waals surface area (Å²) in [6, 6.07) is 5.76. The predicted molar refractivity (Wildman–Crippen MR) is 125 cm³/mol. The van der Waals surface area contributed by atoms with Gasteiger partial charge in [0, 0.05) is 23.9 Å². The van der Waals surface area contributed by atoms with Gasteiger partial charge in [-0.25, -0.2) is 9.78 Å². The summed E-state index contributed by atoms with van der Waals surface area (Å²) in [4.78, 5) is 30.6. The van der Waals surface area contributed by atoms with Crippen LogP contribution in [0.5, 0.6) is 5.75 Å². The van der Waals surface area contributed by atoms with Crippen LogP contribution >= 0.6 is 0 Å². The third kappa shape index (κ3) is 9.98. The summed E-state index contributed by atoms with van der Waals surface area (Å²) in [7, 11) is 0. The summed E-state index contributed by atoms with van der Waals surface area (Å²) in [6.07, 6.45) is 16.0. The Bertz CT molecular complexity index is 775. The molecule has 1 atom stereocenters. The molecule has 176 valence electrons. The van der Waals surface area contributed by atoms with Gasteiger partial charge in [0.15, 0.2) is 0 Å². The monoisotopic (exact) mass is 443 g/mol. The van der Waals surface area contributed by atoms with Gasteiger partial charge in [-0.2, -0.15) is 0 Å². The molecule has 7 heteroatoms. The number of carbonyl (C=O) groups is 2. The highest BCUT2D eigenvalue weighted by Crippen LogP contribution is 2.14. The number of aliphatic carboxylic acids is 1. The van der Waals surface area contributed by atoms with E-state index in [1.807, 2.05) is 0 Å². The molecular weight excluding hydrogens is 406 g/mol. The minimum atomic E-state index is -1.09. The number of nitrogens with one attached hydrogen (secondary N) is 2. The molecule has 1 aromatic carbocycles. The van der Waals surface area contributed by atoms with Gasteiger partial charge in [0.05, 0.1) is 12.9 Å². The normalized spacial score (nSPS) is 11.8. The molecule has 0 aliphatic heterocycles. The molecule has 0 unspecified atom stereocenters. The maximum atomic E-state index is 12.4. The number of nitrogens with zero attached hydrogens (tertiary/aromatic N) is 1. The van der Waals surface area contributed by atoms with Crippen molar-refractivity contribution in [3.63, 3.8) is 0 Å². The van der Waals surface area contributed by atoms with E-state index in [0.29, 0.717) is 23.6 Å². The molecule has 7 nitrogen and oxygen atoms in total. The fourth-order valence-electron chi connectivity index (χ4n) is 3.54. The largest absolute Gasteiger partial charge is 0.494 e. The molecule has 3 N–H and O–H groups in total. The Hall–Kier alpha value is -2.83. The van der Waals surface area contributed by atoms with E-state index >= 15 is 0 Å². The number of ether oxygens (including phenoxy) is 1. The van der Waals surface area contributed by atoms with Crippen LogP contribution in [-0.2, 0) is 11.2 Å². The van der Waals surface area contributed by atoms with Crippen molar-refractivity contribution >= 4 is 11.9 Å². The van der Waals surface area contributed by atoms with E-state index in [-0.39, 0.29) is 6.42 Å². The molecule has 1 amide bonds.